The lowest BCUT2D eigenvalue weighted by Crippen LogP contribution is -2.34. The number of rotatable bonds is 5. The Kier molecular flexibility index (Phi) is 4.46. The topological polar surface area (TPSA) is 99.2 Å². The maximum absolute atomic E-state index is 11.3. The summed E-state index contributed by atoms with van der Waals surface area (Å²) in [6.45, 7) is 0.706. The number of ether oxygens (including phenoxy) is 1. The molecule has 0 fully saturated rings. The molecule has 16 heavy (non-hydrogen) atoms. The van der Waals surface area contributed by atoms with Crippen molar-refractivity contribution in [2.24, 2.45) is 0 Å². The Labute approximate surface area is 92.2 Å². The van der Waals surface area contributed by atoms with Crippen molar-refractivity contribution in [2.75, 3.05) is 26.0 Å². The zero-order valence-electron chi connectivity index (χ0n) is 8.97. The number of nitrogens with zero attached hydrogens (tertiary/aromatic N) is 2. The van der Waals surface area contributed by atoms with Crippen molar-refractivity contribution in [2.45, 2.75) is 6.54 Å². The number of nitrogens with two attached hydrogens (primary N) is 1. The van der Waals surface area contributed by atoms with E-state index >= 15 is 0 Å². The Morgan fingerprint density at radius 1 is 1.69 bits per heavy atom. The van der Waals surface area contributed by atoms with E-state index in [2.05, 4.69) is 10.4 Å². The number of methoxy groups -OCH3 is 1. The number of anilines is 1. The monoisotopic (exact) mass is 226 g/mol. The molecule has 0 aliphatic heterocycles. The van der Waals surface area contributed by atoms with Crippen molar-refractivity contribution in [3.63, 3.8) is 0 Å². The van der Waals surface area contributed by atoms with Crippen LogP contribution < -0.4 is 16.6 Å². The maximum Gasteiger partial charge on any atom is 0.269 e. The van der Waals surface area contributed by atoms with Gasteiger partial charge >= 0.3 is 0 Å². The van der Waals surface area contributed by atoms with Gasteiger partial charge in [-0.25, -0.2) is 4.68 Å². The molecule has 1 rings (SSSR count). The van der Waals surface area contributed by atoms with Crippen LogP contribution in [0.15, 0.2) is 17.1 Å². The standard InChI is InChI=1S/C9H14N4O3/c1-16-3-2-11-8(14)6-13-9(15)4-7(10)5-12-13/h4-5H,2-3,6,10H2,1H3,(H,11,14). The Morgan fingerprint density at radius 3 is 3.06 bits per heavy atom. The van der Waals surface area contributed by atoms with Crippen molar-refractivity contribution in [3.8, 4) is 0 Å². The second kappa shape index (κ2) is 5.86. The van der Waals surface area contributed by atoms with E-state index in [0.717, 1.165) is 4.68 Å². The van der Waals surface area contributed by atoms with Gasteiger partial charge in [-0.2, -0.15) is 5.10 Å². The predicted octanol–water partition coefficient (Wildman–Crippen LogP) is -1.41. The van der Waals surface area contributed by atoms with Crippen LogP contribution in [0.4, 0.5) is 5.69 Å². The number of hydrogen-bond donors (Lipinski definition) is 2. The fourth-order valence-corrected chi connectivity index (χ4v) is 1.05. The Bertz CT molecular complexity index is 415. The van der Waals surface area contributed by atoms with Gasteiger partial charge in [-0.3, -0.25) is 9.59 Å². The highest BCUT2D eigenvalue weighted by Crippen LogP contribution is 1.89. The van der Waals surface area contributed by atoms with Gasteiger partial charge in [0.1, 0.15) is 6.54 Å². The molecule has 0 bridgehead atoms. The fraction of sp³-hybridized carbons (Fsp3) is 0.444. The molecule has 0 saturated heterocycles. The zero-order valence-corrected chi connectivity index (χ0v) is 8.97. The first-order valence-corrected chi connectivity index (χ1v) is 4.72. The highest BCUT2D eigenvalue weighted by atomic mass is 16.5. The van der Waals surface area contributed by atoms with Crippen molar-refractivity contribution in [1.29, 1.82) is 0 Å². The van der Waals surface area contributed by atoms with Crippen molar-refractivity contribution < 1.29 is 9.53 Å². The molecule has 3 N–H and O–H groups in total. The lowest BCUT2D eigenvalue weighted by Gasteiger charge is -2.05. The molecule has 1 aromatic heterocycles. The van der Waals surface area contributed by atoms with E-state index in [1.54, 1.807) is 0 Å². The molecule has 0 aliphatic carbocycles. The van der Waals surface area contributed by atoms with Crippen LogP contribution in [-0.2, 0) is 16.1 Å². The van der Waals surface area contributed by atoms with Crippen LogP contribution in [-0.4, -0.2) is 35.9 Å². The van der Waals surface area contributed by atoms with E-state index < -0.39 is 5.56 Å². The number of carbonyl (C=O) groups excluding carboxylic acids is 1. The fourth-order valence-electron chi connectivity index (χ4n) is 1.05. The molecule has 0 radical (unpaired) electrons. The minimum Gasteiger partial charge on any atom is -0.397 e. The summed E-state index contributed by atoms with van der Waals surface area (Å²) in [6, 6.07) is 1.22. The molecule has 7 heteroatoms. The molecule has 88 valence electrons. The van der Waals surface area contributed by atoms with E-state index in [0.29, 0.717) is 13.2 Å². The average Bonchev–Trinajstić information content (AvgIpc) is 2.23. The summed E-state index contributed by atoms with van der Waals surface area (Å²) in [5.41, 5.74) is 5.24. The third-order valence-electron chi connectivity index (χ3n) is 1.81. The second-order valence-corrected chi connectivity index (χ2v) is 3.13. The van der Waals surface area contributed by atoms with Gasteiger partial charge in [-0.15, -0.1) is 0 Å². The molecule has 0 atom stereocenters. The third kappa shape index (κ3) is 3.70. The van der Waals surface area contributed by atoms with E-state index in [9.17, 15) is 9.59 Å². The summed E-state index contributed by atoms with van der Waals surface area (Å²) in [4.78, 5) is 22.6. The van der Waals surface area contributed by atoms with Gasteiger partial charge in [0.15, 0.2) is 0 Å². The van der Waals surface area contributed by atoms with E-state index in [-0.39, 0.29) is 18.1 Å². The summed E-state index contributed by atoms with van der Waals surface area (Å²) < 4.78 is 5.81. The first kappa shape index (κ1) is 12.2. The Hall–Kier alpha value is -1.89. The summed E-state index contributed by atoms with van der Waals surface area (Å²) in [5.74, 6) is -0.295. The summed E-state index contributed by atoms with van der Waals surface area (Å²) in [5, 5.41) is 6.31. The van der Waals surface area contributed by atoms with Gasteiger partial charge in [0.05, 0.1) is 18.5 Å². The molecule has 0 unspecified atom stereocenters. The van der Waals surface area contributed by atoms with Crippen LogP contribution in [0.2, 0.25) is 0 Å². The zero-order chi connectivity index (χ0) is 12.0. The van der Waals surface area contributed by atoms with Crippen molar-refractivity contribution in [1.82, 2.24) is 15.1 Å². The predicted molar refractivity (Wildman–Crippen MR) is 57.8 cm³/mol. The van der Waals surface area contributed by atoms with Crippen LogP contribution in [0, 0.1) is 0 Å². The lowest BCUT2D eigenvalue weighted by molar-refractivity contribution is -0.122. The average molecular weight is 226 g/mol. The Balaban J connectivity index is 2.53. The minimum absolute atomic E-state index is 0.122. The van der Waals surface area contributed by atoms with Gasteiger partial charge in [0.25, 0.3) is 5.56 Å². The molecule has 0 saturated carbocycles. The van der Waals surface area contributed by atoms with Crippen LogP contribution in [0.5, 0.6) is 0 Å². The van der Waals surface area contributed by atoms with Crippen molar-refractivity contribution in [3.05, 3.63) is 22.6 Å². The third-order valence-corrected chi connectivity index (χ3v) is 1.81. The molecular formula is C9H14N4O3. The highest BCUT2D eigenvalue weighted by molar-refractivity contribution is 5.75. The number of nitrogens with one attached hydrogen (secondary N) is 1. The number of hydrogen-bond acceptors (Lipinski definition) is 5. The largest absolute Gasteiger partial charge is 0.397 e. The highest BCUT2D eigenvalue weighted by Gasteiger charge is 2.04. The molecule has 1 heterocycles. The molecule has 7 nitrogen and oxygen atoms in total. The first-order chi connectivity index (χ1) is 7.63. The second-order valence-electron chi connectivity index (χ2n) is 3.13. The van der Waals surface area contributed by atoms with Crippen LogP contribution in [0.25, 0.3) is 0 Å². The first-order valence-electron chi connectivity index (χ1n) is 4.72. The van der Waals surface area contributed by atoms with Crippen LogP contribution in [0.1, 0.15) is 0 Å². The lowest BCUT2D eigenvalue weighted by atomic mass is 10.5. The number of carbonyl (C=O) groups is 1. The number of aromatic nitrogens is 2. The molecule has 0 aliphatic rings. The molecular weight excluding hydrogens is 212 g/mol. The smallest absolute Gasteiger partial charge is 0.269 e. The van der Waals surface area contributed by atoms with Gasteiger partial charge in [0.2, 0.25) is 5.91 Å². The van der Waals surface area contributed by atoms with Gasteiger partial charge in [-0.1, -0.05) is 0 Å². The Morgan fingerprint density at radius 2 is 2.44 bits per heavy atom. The van der Waals surface area contributed by atoms with Gasteiger partial charge in [0, 0.05) is 19.7 Å². The van der Waals surface area contributed by atoms with Crippen molar-refractivity contribution >= 4 is 11.6 Å². The van der Waals surface area contributed by atoms with Gasteiger partial charge in [-0.05, 0) is 0 Å². The van der Waals surface area contributed by atoms with E-state index in [1.807, 2.05) is 0 Å². The van der Waals surface area contributed by atoms with Crippen LogP contribution >= 0.6 is 0 Å². The summed E-state index contributed by atoms with van der Waals surface area (Å²) in [7, 11) is 1.54. The minimum atomic E-state index is -0.401. The van der Waals surface area contributed by atoms with Crippen LogP contribution in [0.3, 0.4) is 0 Å². The molecule has 1 aromatic rings. The normalized spacial score (nSPS) is 10.1. The summed E-state index contributed by atoms with van der Waals surface area (Å²) in [6.07, 6.45) is 1.32. The maximum atomic E-state index is 11.3. The quantitative estimate of drug-likeness (QED) is 0.601. The number of nitrogen functional groups attached to an aromatic ring is 1. The number of amides is 1. The summed E-state index contributed by atoms with van der Waals surface area (Å²) >= 11 is 0. The molecule has 1 amide bonds. The van der Waals surface area contributed by atoms with Gasteiger partial charge < -0.3 is 15.8 Å². The molecule has 0 spiro atoms. The SMILES string of the molecule is COCCNC(=O)Cn1ncc(N)cc1=O. The van der Waals surface area contributed by atoms with E-state index in [4.69, 9.17) is 10.5 Å². The van der Waals surface area contributed by atoms with E-state index in [1.165, 1.54) is 19.4 Å². The molecule has 0 aromatic carbocycles.